The number of aryl methyl sites for hydroxylation is 1. The van der Waals surface area contributed by atoms with Gasteiger partial charge in [-0.15, -0.1) is 0 Å². The molecule has 3 aliphatic heterocycles. The average molecular weight is 635 g/mol. The summed E-state index contributed by atoms with van der Waals surface area (Å²) in [5, 5.41) is 4.18. The van der Waals surface area contributed by atoms with E-state index in [1.54, 1.807) is 6.26 Å². The Morgan fingerprint density at radius 2 is 1.79 bits per heavy atom. The highest BCUT2D eigenvalue weighted by atomic mass is 16.3. The molecule has 2 saturated heterocycles. The highest BCUT2D eigenvalue weighted by molar-refractivity contribution is 5.94. The Kier molecular flexibility index (Phi) is 8.23. The number of nitrogens with zero attached hydrogens (tertiary/aromatic N) is 2. The molecule has 5 heterocycles. The van der Waals surface area contributed by atoms with Crippen LogP contribution in [0.3, 0.4) is 0 Å². The van der Waals surface area contributed by atoms with Gasteiger partial charge in [-0.05, 0) is 95.0 Å². The molecule has 0 radical (unpaired) electrons. The number of hydrogen-bond acceptors (Lipinski definition) is 4. The third-order valence-corrected chi connectivity index (χ3v) is 10.5. The molecule has 0 aliphatic carbocycles. The lowest BCUT2D eigenvalue weighted by Gasteiger charge is -2.56. The maximum absolute atomic E-state index is 14.9. The summed E-state index contributed by atoms with van der Waals surface area (Å²) in [5.74, 6) is -0.305. The normalized spacial score (nSPS) is 23.0. The predicted octanol–water partition coefficient (Wildman–Crippen LogP) is 6.59. The van der Waals surface area contributed by atoms with E-state index < -0.39 is 22.9 Å². The Bertz CT molecular complexity index is 1760. The zero-order chi connectivity index (χ0) is 32.8. The van der Waals surface area contributed by atoms with E-state index in [-0.39, 0.29) is 24.1 Å². The van der Waals surface area contributed by atoms with Gasteiger partial charge in [0.2, 0.25) is 17.7 Å². The Labute approximate surface area is 276 Å². The molecule has 8 nitrogen and oxygen atoms in total. The lowest BCUT2D eigenvalue weighted by molar-refractivity contribution is -0.167. The number of nitrogens with one attached hydrogen (secondary N) is 2. The zero-order valence-electron chi connectivity index (χ0n) is 27.8. The van der Waals surface area contributed by atoms with Crippen molar-refractivity contribution in [1.29, 1.82) is 0 Å². The van der Waals surface area contributed by atoms with Gasteiger partial charge in [0.25, 0.3) is 0 Å². The van der Waals surface area contributed by atoms with Gasteiger partial charge in [0, 0.05) is 59.7 Å². The lowest BCUT2D eigenvalue weighted by atomic mass is 9.64. The summed E-state index contributed by atoms with van der Waals surface area (Å²) in [6.45, 7) is 7.83. The van der Waals surface area contributed by atoms with Crippen molar-refractivity contribution in [3.05, 3.63) is 83.7 Å². The molecule has 246 valence electrons. The summed E-state index contributed by atoms with van der Waals surface area (Å²) in [7, 11) is 0. The highest BCUT2D eigenvalue weighted by Crippen LogP contribution is 2.53. The minimum Gasteiger partial charge on any atom is -0.464 e. The van der Waals surface area contributed by atoms with E-state index in [0.717, 1.165) is 66.7 Å². The number of carbonyl (C=O) groups excluding carboxylic acids is 3. The number of hydrogen-bond donors (Lipinski definition) is 2. The maximum atomic E-state index is 14.9. The van der Waals surface area contributed by atoms with Gasteiger partial charge in [-0.2, -0.15) is 0 Å². The minimum atomic E-state index is -0.865. The number of piperidine rings is 2. The van der Waals surface area contributed by atoms with Crippen LogP contribution < -0.4 is 5.32 Å². The third kappa shape index (κ3) is 5.87. The van der Waals surface area contributed by atoms with E-state index in [0.29, 0.717) is 25.8 Å². The van der Waals surface area contributed by atoms with Crippen LogP contribution in [-0.4, -0.2) is 57.7 Å². The second-order valence-corrected chi connectivity index (χ2v) is 14.7. The van der Waals surface area contributed by atoms with Crippen LogP contribution in [-0.2, 0) is 32.8 Å². The summed E-state index contributed by atoms with van der Waals surface area (Å²) < 4.78 is 5.72. The Morgan fingerprint density at radius 1 is 1.00 bits per heavy atom. The fourth-order valence-corrected chi connectivity index (χ4v) is 8.43. The van der Waals surface area contributed by atoms with E-state index in [9.17, 15) is 14.4 Å². The summed E-state index contributed by atoms with van der Waals surface area (Å²) in [6, 6.07) is 20.5. The second-order valence-electron chi connectivity index (χ2n) is 14.7. The first-order chi connectivity index (χ1) is 22.6. The maximum Gasteiger partial charge on any atom is 0.228 e. The molecule has 4 aromatic rings. The standard InChI is InChI=1S/C39H46N4O4/c1-38(2,3)41-34(44)25-28-23-31(37(46)42-19-8-5-9-20-42)39(18-16-26-11-6-4-7-12-26)35-30(17-21-43(39)36(28)45)29-15-14-27(24-32(29)40-35)33-13-10-22-47-33/h4,6-7,10-15,22,24,28,31,40H,5,8-9,16-21,23,25H2,1-3H3,(H,41,44)/t28-,31-,39+/m1/s1. The van der Waals surface area contributed by atoms with E-state index >= 15 is 0 Å². The molecular weight excluding hydrogens is 588 g/mol. The van der Waals surface area contributed by atoms with E-state index in [4.69, 9.17) is 4.42 Å². The molecule has 3 aliphatic rings. The van der Waals surface area contributed by atoms with Gasteiger partial charge in [0.05, 0.1) is 17.7 Å². The van der Waals surface area contributed by atoms with E-state index in [2.05, 4.69) is 40.6 Å². The smallest absolute Gasteiger partial charge is 0.228 e. The molecule has 2 aromatic carbocycles. The Hall–Kier alpha value is -4.33. The molecule has 3 atom stereocenters. The molecule has 47 heavy (non-hydrogen) atoms. The topological polar surface area (TPSA) is 98.7 Å². The summed E-state index contributed by atoms with van der Waals surface area (Å²) in [6.07, 6.45) is 7.22. The Balaban J connectivity index is 1.37. The number of benzene rings is 2. The SMILES string of the molecule is CC(C)(C)NC(=O)C[C@H]1C[C@H](C(=O)N2CCCCC2)[C@@]2(CCc3ccccc3)c3[nH]c4cc(-c5ccco5)ccc4c3CCN2C1=O. The van der Waals surface area contributed by atoms with Crippen molar-refractivity contribution < 1.29 is 18.8 Å². The van der Waals surface area contributed by atoms with Gasteiger partial charge in [0.1, 0.15) is 5.76 Å². The van der Waals surface area contributed by atoms with Crippen molar-refractivity contribution in [2.24, 2.45) is 11.8 Å². The largest absolute Gasteiger partial charge is 0.464 e. The van der Waals surface area contributed by atoms with Gasteiger partial charge >= 0.3 is 0 Å². The van der Waals surface area contributed by atoms with Crippen LogP contribution in [0.25, 0.3) is 22.2 Å². The first kappa shape index (κ1) is 31.3. The number of carbonyl (C=O) groups is 3. The number of fused-ring (bicyclic) bond motifs is 5. The van der Waals surface area contributed by atoms with Gasteiger partial charge in [-0.1, -0.05) is 42.5 Å². The molecule has 2 N–H and O–H groups in total. The van der Waals surface area contributed by atoms with Crippen LogP contribution in [0.15, 0.2) is 71.3 Å². The molecular formula is C39H46N4O4. The molecule has 2 fully saturated rings. The minimum absolute atomic E-state index is 0.0228. The molecule has 0 spiro atoms. The van der Waals surface area contributed by atoms with Gasteiger partial charge in [0.15, 0.2) is 0 Å². The second kappa shape index (κ2) is 12.4. The molecule has 0 unspecified atom stereocenters. The number of rotatable bonds is 7. The first-order valence-electron chi connectivity index (χ1n) is 17.3. The van der Waals surface area contributed by atoms with Crippen LogP contribution in [0.2, 0.25) is 0 Å². The molecule has 3 amide bonds. The number of aromatic nitrogens is 1. The van der Waals surface area contributed by atoms with Crippen LogP contribution in [0.4, 0.5) is 0 Å². The van der Waals surface area contributed by atoms with Crippen molar-refractivity contribution in [3.63, 3.8) is 0 Å². The van der Waals surface area contributed by atoms with Crippen molar-refractivity contribution in [1.82, 2.24) is 20.1 Å². The van der Waals surface area contributed by atoms with Crippen LogP contribution in [0.5, 0.6) is 0 Å². The molecule has 7 rings (SSSR count). The number of likely N-dealkylation sites (tertiary alicyclic amines) is 1. The molecule has 0 bridgehead atoms. The Morgan fingerprint density at radius 3 is 2.51 bits per heavy atom. The lowest BCUT2D eigenvalue weighted by Crippen LogP contribution is -2.66. The monoisotopic (exact) mass is 634 g/mol. The third-order valence-electron chi connectivity index (χ3n) is 10.5. The summed E-state index contributed by atoms with van der Waals surface area (Å²) in [4.78, 5) is 50.6. The van der Waals surface area contributed by atoms with Crippen LogP contribution >= 0.6 is 0 Å². The van der Waals surface area contributed by atoms with Gasteiger partial charge in [-0.25, -0.2) is 0 Å². The van der Waals surface area contributed by atoms with E-state index in [1.807, 2.05) is 60.9 Å². The van der Waals surface area contributed by atoms with Gasteiger partial charge < -0.3 is 24.5 Å². The summed E-state index contributed by atoms with van der Waals surface area (Å²) >= 11 is 0. The van der Waals surface area contributed by atoms with Crippen molar-refractivity contribution >= 4 is 28.6 Å². The number of H-pyrrole nitrogens is 1. The fraction of sp³-hybridized carbons (Fsp3) is 0.462. The summed E-state index contributed by atoms with van der Waals surface area (Å²) in [5.41, 5.74) is 4.02. The van der Waals surface area contributed by atoms with Crippen molar-refractivity contribution in [2.45, 2.75) is 83.2 Å². The number of amides is 3. The molecule has 0 saturated carbocycles. The molecule has 8 heteroatoms. The average Bonchev–Trinajstić information content (AvgIpc) is 3.73. The quantitative estimate of drug-likeness (QED) is 0.240. The predicted molar refractivity (Wildman–Crippen MR) is 182 cm³/mol. The van der Waals surface area contributed by atoms with Crippen LogP contribution in [0.1, 0.15) is 76.1 Å². The van der Waals surface area contributed by atoms with Crippen molar-refractivity contribution in [3.8, 4) is 11.3 Å². The molecule has 2 aromatic heterocycles. The van der Waals surface area contributed by atoms with Crippen LogP contribution in [0, 0.1) is 11.8 Å². The van der Waals surface area contributed by atoms with Crippen molar-refractivity contribution in [2.75, 3.05) is 19.6 Å². The number of furan rings is 1. The number of aromatic amines is 1. The van der Waals surface area contributed by atoms with E-state index in [1.165, 1.54) is 11.1 Å². The highest BCUT2D eigenvalue weighted by Gasteiger charge is 2.59. The van der Waals surface area contributed by atoms with Gasteiger partial charge in [-0.3, -0.25) is 14.4 Å². The first-order valence-corrected chi connectivity index (χ1v) is 17.3. The fourth-order valence-electron chi connectivity index (χ4n) is 8.43. The zero-order valence-corrected chi connectivity index (χ0v) is 27.8.